The van der Waals surface area contributed by atoms with Gasteiger partial charge < -0.3 is 11.1 Å². The minimum absolute atomic E-state index is 0.0668. The number of rotatable bonds is 10. The number of imidazole rings is 1. The second kappa shape index (κ2) is 11.9. The monoisotopic (exact) mass is 501 g/mol. The lowest BCUT2D eigenvalue weighted by atomic mass is 9.99. The van der Waals surface area contributed by atoms with E-state index in [0.29, 0.717) is 29.6 Å². The molecule has 1 aromatic heterocycles. The highest BCUT2D eigenvalue weighted by atomic mass is 35.5. The van der Waals surface area contributed by atoms with Crippen LogP contribution in [0.3, 0.4) is 0 Å². The van der Waals surface area contributed by atoms with Crippen molar-refractivity contribution in [3.8, 4) is 0 Å². The lowest BCUT2D eigenvalue weighted by Crippen LogP contribution is -2.31. The van der Waals surface area contributed by atoms with Crippen molar-refractivity contribution in [1.29, 1.82) is 0 Å². The smallest absolute Gasteiger partial charge is 0.282 e. The summed E-state index contributed by atoms with van der Waals surface area (Å²) in [6.45, 7) is 8.25. The SMILES string of the molecule is Cc1cc(C)c(/C=C/c2n(CCCCCC(=O)NCCN)c3cc(Cl)c(Cl)cc3[n+]2C)c(C)c1. The van der Waals surface area contributed by atoms with Crippen molar-refractivity contribution in [3.63, 3.8) is 0 Å². The Morgan fingerprint density at radius 3 is 2.38 bits per heavy atom. The lowest BCUT2D eigenvalue weighted by molar-refractivity contribution is -0.647. The zero-order chi connectivity index (χ0) is 24.8. The average molecular weight is 503 g/mol. The Morgan fingerprint density at radius 1 is 1.03 bits per heavy atom. The van der Waals surface area contributed by atoms with Crippen molar-refractivity contribution in [2.45, 2.75) is 53.0 Å². The van der Waals surface area contributed by atoms with Gasteiger partial charge in [0.1, 0.15) is 0 Å². The fraction of sp³-hybridized carbons (Fsp3) is 0.407. The van der Waals surface area contributed by atoms with Crippen molar-refractivity contribution >= 4 is 52.3 Å². The van der Waals surface area contributed by atoms with E-state index in [9.17, 15) is 4.79 Å². The maximum Gasteiger partial charge on any atom is 0.282 e. The van der Waals surface area contributed by atoms with E-state index in [0.717, 1.165) is 42.7 Å². The predicted molar refractivity (Wildman–Crippen MR) is 143 cm³/mol. The zero-order valence-electron chi connectivity index (χ0n) is 20.5. The van der Waals surface area contributed by atoms with E-state index in [1.165, 1.54) is 22.3 Å². The van der Waals surface area contributed by atoms with Gasteiger partial charge in [-0.2, -0.15) is 0 Å². The Bertz CT molecular complexity index is 1190. The van der Waals surface area contributed by atoms with Crippen molar-refractivity contribution in [2.75, 3.05) is 13.1 Å². The van der Waals surface area contributed by atoms with Gasteiger partial charge >= 0.3 is 0 Å². The van der Waals surface area contributed by atoms with Crippen LogP contribution in [0.25, 0.3) is 23.2 Å². The van der Waals surface area contributed by atoms with Crippen LogP contribution < -0.4 is 15.6 Å². The highest BCUT2D eigenvalue weighted by Crippen LogP contribution is 2.28. The molecule has 1 heterocycles. The molecule has 1 amide bonds. The number of amides is 1. The van der Waals surface area contributed by atoms with Gasteiger partial charge in [-0.15, -0.1) is 0 Å². The number of benzene rings is 2. The molecule has 7 heteroatoms. The number of aryl methyl sites for hydroxylation is 5. The van der Waals surface area contributed by atoms with Gasteiger partial charge in [-0.05, 0) is 62.8 Å². The molecule has 0 fully saturated rings. The van der Waals surface area contributed by atoms with Crippen LogP contribution in [0.4, 0.5) is 0 Å². The summed E-state index contributed by atoms with van der Waals surface area (Å²) in [7, 11) is 2.05. The average Bonchev–Trinajstić information content (AvgIpc) is 3.02. The number of carbonyl (C=O) groups excluding carboxylic acids is 1. The first-order valence-electron chi connectivity index (χ1n) is 11.8. The Labute approximate surface area is 212 Å². The minimum atomic E-state index is 0.0668. The summed E-state index contributed by atoms with van der Waals surface area (Å²) in [6, 6.07) is 8.30. The third-order valence-electron chi connectivity index (χ3n) is 6.18. The van der Waals surface area contributed by atoms with E-state index in [2.05, 4.69) is 66.6 Å². The number of aromatic nitrogens is 2. The Hall–Kier alpha value is -2.34. The summed E-state index contributed by atoms with van der Waals surface area (Å²) in [5, 5.41) is 3.92. The molecule has 3 rings (SSSR count). The van der Waals surface area contributed by atoms with Crippen LogP contribution in [0.2, 0.25) is 10.0 Å². The molecule has 0 radical (unpaired) electrons. The van der Waals surface area contributed by atoms with Crippen LogP contribution in [0.5, 0.6) is 0 Å². The van der Waals surface area contributed by atoms with Crippen LogP contribution in [0.15, 0.2) is 24.3 Å². The molecule has 0 unspecified atom stereocenters. The van der Waals surface area contributed by atoms with Crippen LogP contribution in [0.1, 0.15) is 53.8 Å². The molecule has 0 bridgehead atoms. The van der Waals surface area contributed by atoms with Gasteiger partial charge in [0.25, 0.3) is 5.82 Å². The van der Waals surface area contributed by atoms with Gasteiger partial charge in [0.05, 0.1) is 23.6 Å². The number of hydrogen-bond donors (Lipinski definition) is 2. The molecule has 34 heavy (non-hydrogen) atoms. The maximum absolute atomic E-state index is 11.8. The molecular weight excluding hydrogens is 467 g/mol. The summed E-state index contributed by atoms with van der Waals surface area (Å²) < 4.78 is 4.45. The van der Waals surface area contributed by atoms with Crippen LogP contribution in [-0.4, -0.2) is 23.6 Å². The molecule has 182 valence electrons. The standard InChI is InChI=1S/C27H34Cl2N4O/c1-18-14-19(2)21(20(3)15-18)9-10-27-32(4)24-16-22(28)23(29)17-25(24)33(27)13-7-5-6-8-26(34)31-12-11-30/h9-10,14-17H,5-8,11-13,30H2,1-4H3/p+1/b10-9+. The summed E-state index contributed by atoms with van der Waals surface area (Å²) >= 11 is 12.7. The molecule has 0 atom stereocenters. The number of fused-ring (bicyclic) bond motifs is 1. The number of halogens is 2. The first-order chi connectivity index (χ1) is 16.2. The van der Waals surface area contributed by atoms with Gasteiger partial charge in [0, 0.05) is 37.7 Å². The zero-order valence-corrected chi connectivity index (χ0v) is 22.1. The van der Waals surface area contributed by atoms with Gasteiger partial charge in [-0.1, -0.05) is 40.9 Å². The van der Waals surface area contributed by atoms with E-state index in [4.69, 9.17) is 28.9 Å². The molecule has 2 aromatic carbocycles. The number of carbonyl (C=O) groups is 1. The van der Waals surface area contributed by atoms with Crippen molar-refractivity contribution < 1.29 is 9.36 Å². The topological polar surface area (TPSA) is 63.9 Å². The molecule has 0 aliphatic carbocycles. The molecule has 3 N–H and O–H groups in total. The minimum Gasteiger partial charge on any atom is -0.355 e. The fourth-order valence-electron chi connectivity index (χ4n) is 4.52. The molecule has 0 saturated heterocycles. The molecule has 5 nitrogen and oxygen atoms in total. The summed E-state index contributed by atoms with van der Waals surface area (Å²) in [5.74, 6) is 1.14. The van der Waals surface area contributed by atoms with E-state index >= 15 is 0 Å². The second-order valence-electron chi connectivity index (χ2n) is 8.92. The predicted octanol–water partition coefficient (Wildman–Crippen LogP) is 5.50. The molecule has 0 spiro atoms. The van der Waals surface area contributed by atoms with Gasteiger partial charge in [0.15, 0.2) is 11.0 Å². The van der Waals surface area contributed by atoms with Gasteiger partial charge in [-0.3, -0.25) is 4.79 Å². The number of nitrogens with one attached hydrogen (secondary N) is 1. The van der Waals surface area contributed by atoms with Crippen molar-refractivity contribution in [2.24, 2.45) is 12.8 Å². The molecule has 0 aliphatic heterocycles. The first kappa shape index (κ1) is 26.3. The fourth-order valence-corrected chi connectivity index (χ4v) is 4.84. The maximum atomic E-state index is 11.8. The third kappa shape index (κ3) is 6.21. The quantitative estimate of drug-likeness (QED) is 0.284. The van der Waals surface area contributed by atoms with Crippen molar-refractivity contribution in [3.05, 3.63) is 62.4 Å². The van der Waals surface area contributed by atoms with Gasteiger partial charge in [0.2, 0.25) is 5.91 Å². The number of hydrogen-bond acceptors (Lipinski definition) is 2. The van der Waals surface area contributed by atoms with E-state index in [1.807, 2.05) is 12.1 Å². The second-order valence-corrected chi connectivity index (χ2v) is 9.73. The Morgan fingerprint density at radius 2 is 1.71 bits per heavy atom. The number of nitrogens with two attached hydrogens (primary N) is 1. The van der Waals surface area contributed by atoms with Gasteiger partial charge in [-0.25, -0.2) is 9.13 Å². The largest absolute Gasteiger partial charge is 0.355 e. The number of nitrogens with zero attached hydrogens (tertiary/aromatic N) is 2. The molecule has 3 aromatic rings. The first-order valence-corrected chi connectivity index (χ1v) is 12.6. The third-order valence-corrected chi connectivity index (χ3v) is 6.90. The van der Waals surface area contributed by atoms with Crippen LogP contribution in [0, 0.1) is 20.8 Å². The molecular formula is C27H35Cl2N4O+. The van der Waals surface area contributed by atoms with E-state index < -0.39 is 0 Å². The molecule has 0 aliphatic rings. The summed E-state index contributed by atoms with van der Waals surface area (Å²) in [4.78, 5) is 11.8. The summed E-state index contributed by atoms with van der Waals surface area (Å²) in [5.41, 5.74) is 12.6. The summed E-state index contributed by atoms with van der Waals surface area (Å²) in [6.07, 6.45) is 7.66. The van der Waals surface area contributed by atoms with Crippen LogP contribution >= 0.6 is 23.2 Å². The normalized spacial score (nSPS) is 11.6. The lowest BCUT2D eigenvalue weighted by Gasteiger charge is -2.07. The molecule has 0 saturated carbocycles. The Kier molecular flexibility index (Phi) is 9.17. The Balaban J connectivity index is 1.86. The van der Waals surface area contributed by atoms with Crippen LogP contribution in [-0.2, 0) is 18.4 Å². The van der Waals surface area contributed by atoms with Crippen molar-refractivity contribution in [1.82, 2.24) is 9.88 Å². The highest BCUT2D eigenvalue weighted by molar-refractivity contribution is 6.42. The van der Waals surface area contributed by atoms with E-state index in [1.54, 1.807) is 0 Å². The number of unbranched alkanes of at least 4 members (excludes halogenated alkanes) is 2. The van der Waals surface area contributed by atoms with E-state index in [-0.39, 0.29) is 5.91 Å². The highest BCUT2D eigenvalue weighted by Gasteiger charge is 2.22.